The Labute approximate surface area is 92.9 Å². The number of amides is 2. The molecule has 0 saturated carbocycles. The molecule has 0 aliphatic heterocycles. The number of primary amides is 1. The Morgan fingerprint density at radius 2 is 2.07 bits per heavy atom. The van der Waals surface area contributed by atoms with E-state index in [0.29, 0.717) is 6.54 Å². The van der Waals surface area contributed by atoms with E-state index >= 15 is 0 Å². The molecule has 2 N–H and O–H groups in total. The number of nitrogens with zero attached hydrogens (tertiary/aromatic N) is 1. The van der Waals surface area contributed by atoms with Gasteiger partial charge in [-0.25, -0.2) is 0 Å². The van der Waals surface area contributed by atoms with Gasteiger partial charge in [0.2, 0.25) is 11.8 Å². The second kappa shape index (κ2) is 6.81. The number of alkyl halides is 1. The van der Waals surface area contributed by atoms with Crippen LogP contribution >= 0.6 is 15.9 Å². The molecular weight excluding hydrogens is 248 g/mol. The highest BCUT2D eigenvalue weighted by molar-refractivity contribution is 9.10. The third-order valence-electron chi connectivity index (χ3n) is 1.78. The molecule has 0 aliphatic carbocycles. The molecule has 1 atom stereocenters. The number of unbranched alkanes of at least 4 members (excludes halogenated alkanes) is 1. The van der Waals surface area contributed by atoms with Crippen LogP contribution in [0.1, 0.15) is 26.7 Å². The summed E-state index contributed by atoms with van der Waals surface area (Å²) in [6, 6.07) is 0. The zero-order valence-corrected chi connectivity index (χ0v) is 10.2. The minimum atomic E-state index is -0.470. The van der Waals surface area contributed by atoms with Crippen LogP contribution < -0.4 is 5.73 Å². The highest BCUT2D eigenvalue weighted by atomic mass is 79.9. The quantitative estimate of drug-likeness (QED) is 0.725. The number of rotatable bonds is 6. The molecule has 0 fully saturated rings. The molecule has 0 saturated heterocycles. The minimum absolute atomic E-state index is 0.00870. The summed E-state index contributed by atoms with van der Waals surface area (Å²) in [6.07, 6.45) is 1.87. The standard InChI is InChI=1S/C9H17BrN2O2/c1-3-4-5-12(6-8(11)13)9(14)7(2)10/h7H,3-6H2,1-2H3,(H2,11,13). The fourth-order valence-corrected chi connectivity index (χ4v) is 1.35. The monoisotopic (exact) mass is 264 g/mol. The van der Waals surface area contributed by atoms with E-state index in [1.54, 1.807) is 6.92 Å². The Balaban J connectivity index is 4.22. The van der Waals surface area contributed by atoms with Crippen molar-refractivity contribution in [2.45, 2.75) is 31.5 Å². The van der Waals surface area contributed by atoms with Crippen molar-refractivity contribution in [3.63, 3.8) is 0 Å². The Morgan fingerprint density at radius 3 is 2.43 bits per heavy atom. The van der Waals surface area contributed by atoms with Gasteiger partial charge in [-0.1, -0.05) is 29.3 Å². The maximum absolute atomic E-state index is 11.6. The Hall–Kier alpha value is -0.580. The smallest absolute Gasteiger partial charge is 0.237 e. The molecule has 5 heteroatoms. The lowest BCUT2D eigenvalue weighted by Crippen LogP contribution is -2.41. The third kappa shape index (κ3) is 5.21. The summed E-state index contributed by atoms with van der Waals surface area (Å²) in [5.74, 6) is -0.556. The largest absolute Gasteiger partial charge is 0.368 e. The maximum atomic E-state index is 11.6. The lowest BCUT2D eigenvalue weighted by Gasteiger charge is -2.22. The van der Waals surface area contributed by atoms with Crippen LogP contribution in [0.15, 0.2) is 0 Å². The van der Waals surface area contributed by atoms with E-state index in [0.717, 1.165) is 12.8 Å². The summed E-state index contributed by atoms with van der Waals surface area (Å²) in [4.78, 5) is 23.5. The lowest BCUT2D eigenvalue weighted by molar-refractivity contribution is -0.134. The van der Waals surface area contributed by atoms with Crippen molar-refractivity contribution >= 4 is 27.7 Å². The number of carbonyl (C=O) groups excluding carboxylic acids is 2. The van der Waals surface area contributed by atoms with E-state index in [9.17, 15) is 9.59 Å². The summed E-state index contributed by atoms with van der Waals surface area (Å²) < 4.78 is 0. The molecule has 0 aromatic rings. The maximum Gasteiger partial charge on any atom is 0.237 e. The zero-order chi connectivity index (χ0) is 11.1. The lowest BCUT2D eigenvalue weighted by atomic mass is 10.3. The number of halogens is 1. The highest BCUT2D eigenvalue weighted by Crippen LogP contribution is 2.05. The minimum Gasteiger partial charge on any atom is -0.368 e. The average Bonchev–Trinajstić information content (AvgIpc) is 2.10. The molecular formula is C9H17BrN2O2. The van der Waals surface area contributed by atoms with Gasteiger partial charge >= 0.3 is 0 Å². The van der Waals surface area contributed by atoms with Crippen molar-refractivity contribution in [3.05, 3.63) is 0 Å². The van der Waals surface area contributed by atoms with Crippen LogP contribution in [0.3, 0.4) is 0 Å². The van der Waals surface area contributed by atoms with E-state index in [1.165, 1.54) is 4.90 Å². The first kappa shape index (κ1) is 13.4. The van der Waals surface area contributed by atoms with Gasteiger partial charge in [-0.15, -0.1) is 0 Å². The summed E-state index contributed by atoms with van der Waals surface area (Å²) in [7, 11) is 0. The number of hydrogen-bond acceptors (Lipinski definition) is 2. The normalized spacial score (nSPS) is 12.2. The van der Waals surface area contributed by atoms with Crippen LogP contribution in [0.5, 0.6) is 0 Å². The van der Waals surface area contributed by atoms with Crippen molar-refractivity contribution < 1.29 is 9.59 Å². The van der Waals surface area contributed by atoms with Gasteiger partial charge in [0.15, 0.2) is 0 Å². The van der Waals surface area contributed by atoms with Gasteiger partial charge in [-0.3, -0.25) is 9.59 Å². The van der Waals surface area contributed by atoms with Gasteiger partial charge in [-0.05, 0) is 13.3 Å². The van der Waals surface area contributed by atoms with Gasteiger partial charge in [0, 0.05) is 6.54 Å². The molecule has 0 rings (SSSR count). The summed E-state index contributed by atoms with van der Waals surface area (Å²) in [5.41, 5.74) is 5.05. The molecule has 0 bridgehead atoms. The van der Waals surface area contributed by atoms with Crippen molar-refractivity contribution in [2.24, 2.45) is 5.73 Å². The van der Waals surface area contributed by atoms with E-state index in [1.807, 2.05) is 6.92 Å². The fraction of sp³-hybridized carbons (Fsp3) is 0.778. The Bertz CT molecular complexity index is 207. The van der Waals surface area contributed by atoms with Gasteiger partial charge in [0.05, 0.1) is 11.4 Å². The predicted octanol–water partition coefficient (Wildman–Crippen LogP) is 0.884. The first-order valence-electron chi connectivity index (χ1n) is 4.70. The van der Waals surface area contributed by atoms with Gasteiger partial charge in [-0.2, -0.15) is 0 Å². The number of hydrogen-bond donors (Lipinski definition) is 1. The second-order valence-electron chi connectivity index (χ2n) is 3.20. The summed E-state index contributed by atoms with van der Waals surface area (Å²) in [5, 5.41) is 0. The third-order valence-corrected chi connectivity index (χ3v) is 2.17. The van der Waals surface area contributed by atoms with Gasteiger partial charge < -0.3 is 10.6 Å². The van der Waals surface area contributed by atoms with E-state index in [2.05, 4.69) is 15.9 Å². The molecule has 4 nitrogen and oxygen atoms in total. The molecule has 0 spiro atoms. The van der Waals surface area contributed by atoms with Crippen LogP contribution in [0.25, 0.3) is 0 Å². The second-order valence-corrected chi connectivity index (χ2v) is 4.57. The zero-order valence-electron chi connectivity index (χ0n) is 8.62. The van der Waals surface area contributed by atoms with Crippen LogP contribution in [0.2, 0.25) is 0 Å². The van der Waals surface area contributed by atoms with Crippen molar-refractivity contribution in [1.82, 2.24) is 4.90 Å². The van der Waals surface area contributed by atoms with Gasteiger partial charge in [0.1, 0.15) is 0 Å². The molecule has 14 heavy (non-hydrogen) atoms. The Morgan fingerprint density at radius 1 is 1.50 bits per heavy atom. The van der Waals surface area contributed by atoms with Crippen LogP contribution in [-0.2, 0) is 9.59 Å². The number of carbonyl (C=O) groups is 2. The predicted molar refractivity (Wildman–Crippen MR) is 59.1 cm³/mol. The van der Waals surface area contributed by atoms with Gasteiger partial charge in [0.25, 0.3) is 0 Å². The highest BCUT2D eigenvalue weighted by Gasteiger charge is 2.18. The van der Waals surface area contributed by atoms with Crippen LogP contribution in [0.4, 0.5) is 0 Å². The molecule has 0 heterocycles. The fourth-order valence-electron chi connectivity index (χ4n) is 1.06. The summed E-state index contributed by atoms with van der Waals surface area (Å²) >= 11 is 3.18. The van der Waals surface area contributed by atoms with E-state index in [4.69, 9.17) is 5.73 Å². The summed E-state index contributed by atoms with van der Waals surface area (Å²) in [6.45, 7) is 4.37. The Kier molecular flexibility index (Phi) is 6.53. The van der Waals surface area contributed by atoms with E-state index < -0.39 is 5.91 Å². The molecule has 82 valence electrons. The average molecular weight is 265 g/mol. The first-order valence-corrected chi connectivity index (χ1v) is 5.61. The first-order chi connectivity index (χ1) is 6.49. The molecule has 0 radical (unpaired) electrons. The SMILES string of the molecule is CCCCN(CC(N)=O)C(=O)C(C)Br. The molecule has 1 unspecified atom stereocenters. The molecule has 2 amide bonds. The van der Waals surface area contributed by atoms with Crippen molar-refractivity contribution in [2.75, 3.05) is 13.1 Å². The number of nitrogens with two attached hydrogens (primary N) is 1. The van der Waals surface area contributed by atoms with Crippen LogP contribution in [-0.4, -0.2) is 34.6 Å². The molecule has 0 aromatic heterocycles. The van der Waals surface area contributed by atoms with Crippen LogP contribution in [0, 0.1) is 0 Å². The molecule has 0 aliphatic rings. The van der Waals surface area contributed by atoms with E-state index in [-0.39, 0.29) is 17.3 Å². The van der Waals surface area contributed by atoms with Crippen molar-refractivity contribution in [1.29, 1.82) is 0 Å². The van der Waals surface area contributed by atoms with Crippen molar-refractivity contribution in [3.8, 4) is 0 Å². The molecule has 0 aromatic carbocycles. The topological polar surface area (TPSA) is 63.4 Å².